The van der Waals surface area contributed by atoms with Crippen molar-refractivity contribution < 1.29 is 61.9 Å². The molecule has 0 atom stereocenters. The molecule has 0 aromatic rings. The maximum Gasteiger partial charge on any atom is 0.392 e. The molecule has 0 saturated heterocycles. The fourth-order valence-electron chi connectivity index (χ4n) is 1.76. The fraction of sp³-hybridized carbons (Fsp3) is 0.923. The second kappa shape index (κ2) is 8.34. The van der Waals surface area contributed by atoms with Gasteiger partial charge in [-0.15, -0.1) is 0 Å². The number of halogens is 13. The summed E-state index contributed by atoms with van der Waals surface area (Å²) in [6.45, 7) is -4.46. The molecule has 1 amide bonds. The smallest absolute Gasteiger partial charge is 0.351 e. The van der Waals surface area contributed by atoms with E-state index in [1.807, 2.05) is 0 Å². The average molecular weight is 462 g/mol. The van der Waals surface area contributed by atoms with E-state index in [9.17, 15) is 61.9 Å². The van der Waals surface area contributed by atoms with Gasteiger partial charge in [0.05, 0.1) is 0 Å². The van der Waals surface area contributed by atoms with Crippen molar-refractivity contribution in [1.29, 1.82) is 0 Å². The Balaban J connectivity index is 5.90. The van der Waals surface area contributed by atoms with Gasteiger partial charge < -0.3 is 10.2 Å². The number of alkyl halides is 13. The van der Waals surface area contributed by atoms with Gasteiger partial charge in [-0.2, -0.15) is 52.7 Å². The summed E-state index contributed by atoms with van der Waals surface area (Å²) in [6, 6.07) is 0. The van der Waals surface area contributed by atoms with Crippen molar-refractivity contribution in [1.82, 2.24) is 10.2 Å². The third kappa shape index (κ3) is 4.50. The molecule has 174 valence electrons. The van der Waals surface area contributed by atoms with Crippen molar-refractivity contribution in [2.24, 2.45) is 0 Å². The molecule has 0 rings (SSSR count). The minimum Gasteiger partial charge on any atom is -0.351 e. The molecule has 3 nitrogen and oxygen atoms in total. The normalized spacial score (nSPS) is 15.0. The van der Waals surface area contributed by atoms with Crippen LogP contribution in [0.4, 0.5) is 57.1 Å². The summed E-state index contributed by atoms with van der Waals surface area (Å²) in [6.07, 6.45) is -0.201. The lowest BCUT2D eigenvalue weighted by Crippen LogP contribution is -2.72. The average Bonchev–Trinajstić information content (AvgIpc) is 2.57. The zero-order valence-electron chi connectivity index (χ0n) is 14.6. The second-order valence-electron chi connectivity index (χ2n) is 6.12. The van der Waals surface area contributed by atoms with E-state index in [-0.39, 0.29) is 13.0 Å². The van der Waals surface area contributed by atoms with Gasteiger partial charge in [0.1, 0.15) is 0 Å². The Labute approximate surface area is 155 Å². The van der Waals surface area contributed by atoms with E-state index in [2.05, 4.69) is 0 Å². The highest BCUT2D eigenvalue weighted by Crippen LogP contribution is 2.60. The van der Waals surface area contributed by atoms with Crippen LogP contribution >= 0.6 is 0 Å². The second-order valence-corrected chi connectivity index (χ2v) is 6.12. The molecule has 0 radical (unpaired) electrons. The van der Waals surface area contributed by atoms with Crippen molar-refractivity contribution in [3.05, 3.63) is 0 Å². The van der Waals surface area contributed by atoms with Crippen LogP contribution in [-0.2, 0) is 4.79 Å². The third-order valence-corrected chi connectivity index (χ3v) is 3.56. The lowest BCUT2D eigenvalue weighted by molar-refractivity contribution is -0.420. The van der Waals surface area contributed by atoms with E-state index in [1.54, 1.807) is 0 Å². The number of carbonyl (C=O) groups excluding carboxylic acids is 1. The summed E-state index contributed by atoms with van der Waals surface area (Å²) >= 11 is 0. The van der Waals surface area contributed by atoms with Crippen molar-refractivity contribution in [3.63, 3.8) is 0 Å². The van der Waals surface area contributed by atoms with E-state index >= 15 is 0 Å². The quantitative estimate of drug-likeness (QED) is 0.374. The van der Waals surface area contributed by atoms with Gasteiger partial charge in [0.25, 0.3) is 5.91 Å². The van der Waals surface area contributed by atoms with Crippen LogP contribution in [0.25, 0.3) is 0 Å². The summed E-state index contributed by atoms with van der Waals surface area (Å²) in [7, 11) is 2.92. The Hall–Kier alpha value is -1.48. The van der Waals surface area contributed by atoms with E-state index in [0.717, 1.165) is 5.32 Å². The van der Waals surface area contributed by atoms with Crippen molar-refractivity contribution in [3.8, 4) is 0 Å². The van der Waals surface area contributed by atoms with Crippen LogP contribution in [0.1, 0.15) is 6.42 Å². The van der Waals surface area contributed by atoms with Gasteiger partial charge in [0.2, 0.25) is 0 Å². The molecular weight excluding hydrogens is 447 g/mol. The standard InChI is InChI=1S/C13H15F13N2O/c1-28(2)5-3-4-27-7(29)9(17,18)11(21,22)13(25,26)12(23,24)10(19,20)8(15,16)6-14/h3-6H2,1-2H3,(H,27,29). The van der Waals surface area contributed by atoms with Gasteiger partial charge in [-0.3, -0.25) is 4.79 Å². The van der Waals surface area contributed by atoms with Crippen molar-refractivity contribution in [2.45, 2.75) is 42.0 Å². The molecule has 0 aromatic heterocycles. The lowest BCUT2D eigenvalue weighted by atomic mass is 9.91. The number of carbonyl (C=O) groups is 1. The van der Waals surface area contributed by atoms with Gasteiger partial charge in [0.15, 0.2) is 6.67 Å². The summed E-state index contributed by atoms with van der Waals surface area (Å²) in [5.41, 5.74) is 0. The monoisotopic (exact) mass is 462 g/mol. The van der Waals surface area contributed by atoms with Gasteiger partial charge in [-0.05, 0) is 27.1 Å². The van der Waals surface area contributed by atoms with Crippen LogP contribution < -0.4 is 5.32 Å². The summed E-state index contributed by atoms with van der Waals surface area (Å²) in [4.78, 5) is 12.5. The molecule has 0 spiro atoms. The molecule has 16 heteroatoms. The first-order chi connectivity index (χ1) is 12.6. The first-order valence-electron chi connectivity index (χ1n) is 7.41. The number of hydrogen-bond acceptors (Lipinski definition) is 2. The Morgan fingerprint density at radius 1 is 0.759 bits per heavy atom. The number of nitrogens with one attached hydrogen (secondary N) is 1. The van der Waals surface area contributed by atoms with Crippen molar-refractivity contribution in [2.75, 3.05) is 33.9 Å². The fourth-order valence-corrected chi connectivity index (χ4v) is 1.76. The minimum absolute atomic E-state index is 0.0704. The molecule has 0 saturated carbocycles. The van der Waals surface area contributed by atoms with Gasteiger partial charge in [-0.1, -0.05) is 0 Å². The zero-order valence-corrected chi connectivity index (χ0v) is 14.6. The Bertz CT molecular complexity index is 577. The highest BCUT2D eigenvalue weighted by atomic mass is 19.4. The number of hydrogen-bond donors (Lipinski definition) is 1. The molecule has 0 fully saturated rings. The highest BCUT2D eigenvalue weighted by Gasteiger charge is 2.91. The van der Waals surface area contributed by atoms with Crippen LogP contribution in [0.2, 0.25) is 0 Å². The van der Waals surface area contributed by atoms with Crippen LogP contribution in [-0.4, -0.2) is 80.2 Å². The van der Waals surface area contributed by atoms with Crippen molar-refractivity contribution >= 4 is 5.91 Å². The minimum atomic E-state index is -7.90. The van der Waals surface area contributed by atoms with Gasteiger partial charge in [-0.25, -0.2) is 4.39 Å². The summed E-state index contributed by atoms with van der Waals surface area (Å²) < 4.78 is 170. The van der Waals surface area contributed by atoms with E-state index in [0.29, 0.717) is 0 Å². The lowest BCUT2D eigenvalue weighted by Gasteiger charge is -2.40. The summed E-state index contributed by atoms with van der Waals surface area (Å²) in [5.74, 6) is -47.4. The zero-order chi connectivity index (χ0) is 23.7. The number of nitrogens with zero attached hydrogens (tertiary/aromatic N) is 1. The Kier molecular flexibility index (Phi) is 7.91. The molecule has 0 aromatic carbocycles. The Morgan fingerprint density at radius 2 is 1.17 bits per heavy atom. The maximum absolute atomic E-state index is 13.5. The molecule has 0 unspecified atom stereocenters. The van der Waals surface area contributed by atoms with Gasteiger partial charge >= 0.3 is 35.5 Å². The predicted octanol–water partition coefficient (Wildman–Crippen LogP) is 3.84. The molecule has 0 aliphatic heterocycles. The highest BCUT2D eigenvalue weighted by molar-refractivity contribution is 5.84. The van der Waals surface area contributed by atoms with Crippen LogP contribution in [0.3, 0.4) is 0 Å². The molecule has 0 heterocycles. The first-order valence-corrected chi connectivity index (χ1v) is 7.41. The van der Waals surface area contributed by atoms with E-state index in [1.165, 1.54) is 19.0 Å². The topological polar surface area (TPSA) is 32.3 Å². The molecule has 0 bridgehead atoms. The van der Waals surface area contributed by atoms with E-state index in [4.69, 9.17) is 0 Å². The summed E-state index contributed by atoms with van der Waals surface area (Å²) in [5, 5.41) is 1.02. The van der Waals surface area contributed by atoms with Crippen LogP contribution in [0.5, 0.6) is 0 Å². The number of rotatable bonds is 11. The van der Waals surface area contributed by atoms with E-state index < -0.39 is 54.7 Å². The molecule has 0 aliphatic carbocycles. The molecule has 29 heavy (non-hydrogen) atoms. The SMILES string of the molecule is CN(C)CCCNC(=O)C(F)(F)C(F)(F)C(F)(F)C(F)(F)C(F)(F)C(F)(F)CF. The molecular formula is C13H15F13N2O. The predicted molar refractivity (Wildman–Crippen MR) is 71.8 cm³/mol. The van der Waals surface area contributed by atoms with Crippen LogP contribution in [0, 0.1) is 0 Å². The first kappa shape index (κ1) is 27.5. The van der Waals surface area contributed by atoms with Gasteiger partial charge in [0, 0.05) is 6.54 Å². The molecule has 0 aliphatic rings. The maximum atomic E-state index is 13.5. The third-order valence-electron chi connectivity index (χ3n) is 3.56. The largest absolute Gasteiger partial charge is 0.392 e. The molecule has 1 N–H and O–H groups in total. The van der Waals surface area contributed by atoms with Crippen LogP contribution in [0.15, 0.2) is 0 Å². The number of amides is 1. The Morgan fingerprint density at radius 3 is 1.55 bits per heavy atom.